The van der Waals surface area contributed by atoms with Gasteiger partial charge in [0.05, 0.1) is 11.3 Å². The Morgan fingerprint density at radius 2 is 2.09 bits per heavy atom. The Kier molecular flexibility index (Phi) is 4.04. The van der Waals surface area contributed by atoms with Crippen molar-refractivity contribution in [3.05, 3.63) is 16.8 Å². The maximum atomic E-state index is 12.4. The van der Waals surface area contributed by atoms with Gasteiger partial charge in [-0.15, -0.1) is 11.3 Å². The number of nitrogens with zero attached hydrogens (tertiary/aromatic N) is 3. The predicted molar refractivity (Wildman–Crippen MR) is 95.1 cm³/mol. The highest BCUT2D eigenvalue weighted by molar-refractivity contribution is 7.18. The Morgan fingerprint density at radius 3 is 2.78 bits per heavy atom. The monoisotopic (exact) mass is 332 g/mol. The summed E-state index contributed by atoms with van der Waals surface area (Å²) in [5.74, 6) is 1.14. The van der Waals surface area contributed by atoms with Crippen LogP contribution in [0.3, 0.4) is 0 Å². The number of aromatic nitrogens is 2. The number of anilines is 1. The predicted octanol–water partition coefficient (Wildman–Crippen LogP) is 3.05. The molecule has 1 fully saturated rings. The lowest BCUT2D eigenvalue weighted by atomic mass is 10.0. The van der Waals surface area contributed by atoms with Crippen molar-refractivity contribution in [1.82, 2.24) is 15.3 Å². The molecule has 2 aromatic heterocycles. The number of carbonyl (C=O) groups is 1. The summed E-state index contributed by atoms with van der Waals surface area (Å²) in [6.45, 7) is 11.9. The van der Waals surface area contributed by atoms with E-state index in [1.165, 1.54) is 10.4 Å². The number of amides is 1. The average molecular weight is 332 g/mol. The zero-order valence-electron chi connectivity index (χ0n) is 14.4. The molecule has 1 N–H and O–H groups in total. The molecule has 6 heteroatoms. The van der Waals surface area contributed by atoms with E-state index in [0.29, 0.717) is 0 Å². The van der Waals surface area contributed by atoms with Gasteiger partial charge in [-0.2, -0.15) is 0 Å². The van der Waals surface area contributed by atoms with Crippen LogP contribution in [0.4, 0.5) is 5.82 Å². The van der Waals surface area contributed by atoms with Gasteiger partial charge in [-0.1, -0.05) is 0 Å². The Morgan fingerprint density at radius 1 is 1.35 bits per heavy atom. The molecule has 3 rings (SSSR count). The van der Waals surface area contributed by atoms with Crippen LogP contribution in [0.25, 0.3) is 10.2 Å². The molecule has 0 aliphatic carbocycles. The SMILES string of the molecule is Cc1sc2ncnc(N3CCC(C(=O)NC(C)(C)C)C3)c2c1C. The van der Waals surface area contributed by atoms with Crippen LogP contribution in [0.1, 0.15) is 37.6 Å². The molecule has 2 aromatic rings. The standard InChI is InChI=1S/C17H24N4OS/c1-10-11(2)23-16-13(10)14(18-9-19-16)21-7-6-12(8-21)15(22)20-17(3,4)5/h9,12H,6-8H2,1-5H3,(H,20,22). The highest BCUT2D eigenvalue weighted by atomic mass is 32.1. The van der Waals surface area contributed by atoms with Gasteiger partial charge in [0.25, 0.3) is 0 Å². The van der Waals surface area contributed by atoms with Gasteiger partial charge < -0.3 is 10.2 Å². The van der Waals surface area contributed by atoms with Crippen LogP contribution in [-0.2, 0) is 4.79 Å². The van der Waals surface area contributed by atoms with Crippen molar-refractivity contribution in [2.75, 3.05) is 18.0 Å². The lowest BCUT2D eigenvalue weighted by molar-refractivity contribution is -0.125. The molecule has 0 aromatic carbocycles. The summed E-state index contributed by atoms with van der Waals surface area (Å²) in [6, 6.07) is 0. The van der Waals surface area contributed by atoms with Gasteiger partial charge in [-0.25, -0.2) is 9.97 Å². The first kappa shape index (κ1) is 16.2. The van der Waals surface area contributed by atoms with E-state index in [1.54, 1.807) is 17.7 Å². The Bertz CT molecular complexity index is 747. The number of carbonyl (C=O) groups excluding carboxylic acids is 1. The van der Waals surface area contributed by atoms with Gasteiger partial charge in [-0.3, -0.25) is 4.79 Å². The third-order valence-electron chi connectivity index (χ3n) is 4.30. The average Bonchev–Trinajstić information content (AvgIpc) is 3.03. The zero-order valence-corrected chi connectivity index (χ0v) is 15.3. The largest absolute Gasteiger partial charge is 0.355 e. The molecule has 1 atom stereocenters. The number of nitrogens with one attached hydrogen (secondary N) is 1. The molecule has 0 bridgehead atoms. The summed E-state index contributed by atoms with van der Waals surface area (Å²) < 4.78 is 0. The highest BCUT2D eigenvalue weighted by Gasteiger charge is 2.32. The smallest absolute Gasteiger partial charge is 0.225 e. The molecule has 1 aliphatic rings. The number of hydrogen-bond acceptors (Lipinski definition) is 5. The lowest BCUT2D eigenvalue weighted by Crippen LogP contribution is -2.44. The first-order valence-corrected chi connectivity index (χ1v) is 8.85. The number of fused-ring (bicyclic) bond motifs is 1. The molecule has 0 saturated carbocycles. The number of aryl methyl sites for hydroxylation is 2. The van der Waals surface area contributed by atoms with Crippen molar-refractivity contribution in [1.29, 1.82) is 0 Å². The van der Waals surface area contributed by atoms with E-state index in [-0.39, 0.29) is 17.4 Å². The maximum absolute atomic E-state index is 12.4. The molecule has 1 unspecified atom stereocenters. The highest BCUT2D eigenvalue weighted by Crippen LogP contribution is 2.36. The quantitative estimate of drug-likeness (QED) is 0.918. The fourth-order valence-corrected chi connectivity index (χ4v) is 4.03. The van der Waals surface area contributed by atoms with Crippen LogP contribution in [0.5, 0.6) is 0 Å². The van der Waals surface area contributed by atoms with Gasteiger partial charge in [-0.05, 0) is 46.6 Å². The third kappa shape index (κ3) is 3.17. The van der Waals surface area contributed by atoms with E-state index in [2.05, 4.69) is 34.0 Å². The van der Waals surface area contributed by atoms with Gasteiger partial charge >= 0.3 is 0 Å². The number of hydrogen-bond donors (Lipinski definition) is 1. The van der Waals surface area contributed by atoms with E-state index in [9.17, 15) is 4.79 Å². The van der Waals surface area contributed by atoms with Crippen molar-refractivity contribution in [3.8, 4) is 0 Å². The van der Waals surface area contributed by atoms with Crippen LogP contribution in [0.2, 0.25) is 0 Å². The maximum Gasteiger partial charge on any atom is 0.225 e. The van der Waals surface area contributed by atoms with Gasteiger partial charge in [0.1, 0.15) is 17.0 Å². The van der Waals surface area contributed by atoms with Gasteiger partial charge in [0, 0.05) is 23.5 Å². The summed E-state index contributed by atoms with van der Waals surface area (Å²) >= 11 is 1.71. The van der Waals surface area contributed by atoms with Gasteiger partial charge in [0.15, 0.2) is 0 Å². The van der Waals surface area contributed by atoms with Gasteiger partial charge in [0.2, 0.25) is 5.91 Å². The minimum absolute atomic E-state index is 0.0271. The van der Waals surface area contributed by atoms with Crippen LogP contribution in [0, 0.1) is 19.8 Å². The first-order valence-electron chi connectivity index (χ1n) is 8.04. The minimum Gasteiger partial charge on any atom is -0.355 e. The molecular weight excluding hydrogens is 308 g/mol. The van der Waals surface area contributed by atoms with Crippen molar-refractivity contribution in [2.24, 2.45) is 5.92 Å². The van der Waals surface area contributed by atoms with Crippen LogP contribution < -0.4 is 10.2 Å². The Balaban J connectivity index is 1.84. The fraction of sp³-hybridized carbons (Fsp3) is 0.588. The van der Waals surface area contributed by atoms with Crippen LogP contribution in [-0.4, -0.2) is 34.5 Å². The molecule has 23 heavy (non-hydrogen) atoms. The topological polar surface area (TPSA) is 58.1 Å². The summed E-state index contributed by atoms with van der Waals surface area (Å²) in [4.78, 5) is 25.9. The molecule has 1 aliphatic heterocycles. The summed E-state index contributed by atoms with van der Waals surface area (Å²) in [5, 5.41) is 4.23. The Hall–Kier alpha value is -1.69. The number of thiophene rings is 1. The molecule has 1 saturated heterocycles. The van der Waals surface area contributed by atoms with E-state index >= 15 is 0 Å². The van der Waals surface area contributed by atoms with Crippen molar-refractivity contribution in [2.45, 2.75) is 46.6 Å². The van der Waals surface area contributed by atoms with Crippen molar-refractivity contribution in [3.63, 3.8) is 0 Å². The number of rotatable bonds is 2. The van der Waals surface area contributed by atoms with Crippen LogP contribution >= 0.6 is 11.3 Å². The Labute approximate surface area is 141 Å². The summed E-state index contributed by atoms with van der Waals surface area (Å²) in [7, 11) is 0. The van der Waals surface area contributed by atoms with E-state index in [4.69, 9.17) is 0 Å². The van der Waals surface area contributed by atoms with Crippen LogP contribution in [0.15, 0.2) is 6.33 Å². The molecule has 124 valence electrons. The molecule has 0 radical (unpaired) electrons. The first-order chi connectivity index (χ1) is 10.8. The molecule has 1 amide bonds. The second kappa shape index (κ2) is 5.74. The minimum atomic E-state index is -0.187. The van der Waals surface area contributed by atoms with E-state index in [1.807, 2.05) is 20.8 Å². The van der Waals surface area contributed by atoms with Crippen molar-refractivity contribution >= 4 is 33.3 Å². The summed E-state index contributed by atoms with van der Waals surface area (Å²) in [6.07, 6.45) is 2.51. The third-order valence-corrected chi connectivity index (χ3v) is 5.42. The van der Waals surface area contributed by atoms with Crippen molar-refractivity contribution < 1.29 is 4.79 Å². The normalized spacial score (nSPS) is 18.7. The fourth-order valence-electron chi connectivity index (χ4n) is 3.04. The molecule has 5 nitrogen and oxygen atoms in total. The van der Waals surface area contributed by atoms with E-state index < -0.39 is 0 Å². The summed E-state index contributed by atoms with van der Waals surface area (Å²) in [5.41, 5.74) is 1.07. The van der Waals surface area contributed by atoms with E-state index in [0.717, 1.165) is 35.5 Å². The molecule has 0 spiro atoms. The lowest BCUT2D eigenvalue weighted by Gasteiger charge is -2.23. The molecular formula is C17H24N4OS. The second-order valence-corrected chi connectivity index (χ2v) is 8.53. The molecule has 3 heterocycles. The second-order valence-electron chi connectivity index (χ2n) is 7.33. The zero-order chi connectivity index (χ0) is 16.8.